The summed E-state index contributed by atoms with van der Waals surface area (Å²) >= 11 is 6.60. The van der Waals surface area contributed by atoms with Gasteiger partial charge in [-0.05, 0) is 198 Å². The molecule has 0 aromatic heterocycles. The van der Waals surface area contributed by atoms with E-state index in [-0.39, 0.29) is 69.7 Å². The van der Waals surface area contributed by atoms with Crippen LogP contribution in [0.25, 0.3) is 0 Å². The van der Waals surface area contributed by atoms with Gasteiger partial charge in [-0.2, -0.15) is 0 Å². The molecular formula is C51H72ClFN4O2. The molecule has 10 aliphatic carbocycles. The van der Waals surface area contributed by atoms with E-state index in [0.717, 1.165) is 140 Å². The van der Waals surface area contributed by atoms with Gasteiger partial charge in [-0.1, -0.05) is 55.1 Å². The molecule has 6 N–H and O–H groups in total. The third kappa shape index (κ3) is 7.31. The molecule has 10 fully saturated rings. The smallest absolute Gasteiger partial charge is 0.226 e. The summed E-state index contributed by atoms with van der Waals surface area (Å²) in [5.41, 5.74) is 14.4. The monoisotopic (exact) mass is 827 g/mol. The van der Waals surface area contributed by atoms with E-state index in [0.29, 0.717) is 18.2 Å². The minimum atomic E-state index is -0.574. The Bertz CT molecular complexity index is 1850. The van der Waals surface area contributed by atoms with Gasteiger partial charge in [-0.15, -0.1) is 11.6 Å². The molecule has 0 spiro atoms. The van der Waals surface area contributed by atoms with Crippen LogP contribution in [-0.2, 0) is 15.0 Å². The van der Waals surface area contributed by atoms with Crippen LogP contribution in [0.5, 0.6) is 0 Å². The van der Waals surface area contributed by atoms with E-state index < -0.39 is 10.8 Å². The first-order chi connectivity index (χ1) is 28.2. The minimum absolute atomic E-state index is 0.0531. The second-order valence-electron chi connectivity index (χ2n) is 22.5. The van der Waals surface area contributed by atoms with Crippen molar-refractivity contribution >= 4 is 23.4 Å². The van der Waals surface area contributed by atoms with Gasteiger partial charge in [0.05, 0.1) is 17.5 Å². The van der Waals surface area contributed by atoms with E-state index in [2.05, 4.69) is 66.1 Å². The Morgan fingerprint density at radius 1 is 0.712 bits per heavy atom. The lowest BCUT2D eigenvalue weighted by Gasteiger charge is -2.71. The van der Waals surface area contributed by atoms with Crippen LogP contribution in [0.2, 0.25) is 0 Å². The standard InChI is InChI=1S/C51H72ClFN4O2/c1-3-37(10-9-35(2)47-24-36-23-45(26-47,19-21-52)27-48(25-36,31-47)43(58)56-41-15-11-39(54)12-16-41)49-28-46(20-22-53)29-50(32-49,38-7-5-4-6-8-38)34-51(30-46,33-49)44(59)57-42-17-13-40(55)14-18-42/h3-10,36,39-42H,2,11-34,54-55H2,1H3,(H,56,58)(H,57,59)/b10-9-,37-3+/t36?,39?,40?,41?,42?,45-,46-,47-,48?,49?,50+,51?/m1/s1. The molecule has 0 radical (unpaired) electrons. The van der Waals surface area contributed by atoms with Gasteiger partial charge in [-0.25, -0.2) is 0 Å². The maximum Gasteiger partial charge on any atom is 0.226 e. The molecule has 0 saturated heterocycles. The molecule has 10 aliphatic rings. The van der Waals surface area contributed by atoms with Crippen molar-refractivity contribution in [1.29, 1.82) is 0 Å². The predicted octanol–water partition coefficient (Wildman–Crippen LogP) is 10.0. The number of alkyl halides is 2. The van der Waals surface area contributed by atoms with Gasteiger partial charge in [-0.3, -0.25) is 14.0 Å². The Morgan fingerprint density at radius 3 is 1.90 bits per heavy atom. The van der Waals surface area contributed by atoms with Crippen molar-refractivity contribution in [3.63, 3.8) is 0 Å². The highest BCUT2D eigenvalue weighted by atomic mass is 35.5. The normalized spacial score (nSPS) is 44.8. The van der Waals surface area contributed by atoms with Crippen molar-refractivity contribution in [2.24, 2.45) is 49.9 Å². The van der Waals surface area contributed by atoms with Crippen LogP contribution >= 0.6 is 11.6 Å². The molecule has 4 unspecified atom stereocenters. The zero-order valence-electron chi connectivity index (χ0n) is 35.9. The van der Waals surface area contributed by atoms with Crippen LogP contribution < -0.4 is 22.1 Å². The number of allylic oxidation sites excluding steroid dienone is 5. The van der Waals surface area contributed by atoms with Crippen LogP contribution in [0.3, 0.4) is 0 Å². The minimum Gasteiger partial charge on any atom is -0.353 e. The quantitative estimate of drug-likeness (QED) is 0.117. The lowest BCUT2D eigenvalue weighted by atomic mass is 9.33. The van der Waals surface area contributed by atoms with Gasteiger partial charge in [0.1, 0.15) is 0 Å². The highest BCUT2D eigenvalue weighted by Gasteiger charge is 2.71. The van der Waals surface area contributed by atoms with Crippen LogP contribution in [0.4, 0.5) is 4.39 Å². The molecule has 6 nitrogen and oxygen atoms in total. The fourth-order valence-corrected chi connectivity index (χ4v) is 17.2. The molecule has 2 amide bonds. The molecule has 11 rings (SSSR count). The number of amides is 2. The molecule has 8 heteroatoms. The summed E-state index contributed by atoms with van der Waals surface area (Å²) in [6.07, 6.45) is 27.2. The number of carbonyl (C=O) groups is 2. The van der Waals surface area contributed by atoms with Gasteiger partial charge in [0.15, 0.2) is 0 Å². The molecule has 59 heavy (non-hydrogen) atoms. The molecular weight excluding hydrogens is 755 g/mol. The average Bonchev–Trinajstić information content (AvgIpc) is 3.19. The summed E-state index contributed by atoms with van der Waals surface area (Å²) in [5.74, 6) is 1.54. The topological polar surface area (TPSA) is 110 Å². The van der Waals surface area contributed by atoms with E-state index in [9.17, 15) is 9.18 Å². The van der Waals surface area contributed by atoms with Gasteiger partial charge >= 0.3 is 0 Å². The van der Waals surface area contributed by atoms with Crippen LogP contribution in [0, 0.1) is 38.4 Å². The number of nitrogens with one attached hydrogen (secondary N) is 2. The van der Waals surface area contributed by atoms with Crippen LogP contribution in [-0.4, -0.2) is 48.5 Å². The predicted molar refractivity (Wildman–Crippen MR) is 236 cm³/mol. The molecule has 1 aromatic carbocycles. The zero-order valence-corrected chi connectivity index (χ0v) is 36.7. The van der Waals surface area contributed by atoms with Gasteiger partial charge in [0.2, 0.25) is 11.8 Å². The number of halogens is 2. The summed E-state index contributed by atoms with van der Waals surface area (Å²) < 4.78 is 14.9. The summed E-state index contributed by atoms with van der Waals surface area (Å²) in [6, 6.07) is 11.7. The number of hydrogen-bond donors (Lipinski definition) is 4. The van der Waals surface area contributed by atoms with Crippen molar-refractivity contribution in [3.8, 4) is 0 Å². The van der Waals surface area contributed by atoms with E-state index >= 15 is 4.79 Å². The Labute approximate surface area is 358 Å². The fourth-order valence-electron chi connectivity index (χ4n) is 16.8. The number of rotatable bonds is 13. The van der Waals surface area contributed by atoms with Crippen LogP contribution in [0.1, 0.15) is 154 Å². The van der Waals surface area contributed by atoms with E-state index in [1.54, 1.807) is 0 Å². The summed E-state index contributed by atoms with van der Waals surface area (Å²) in [7, 11) is 0. The van der Waals surface area contributed by atoms with Crippen molar-refractivity contribution in [3.05, 3.63) is 71.8 Å². The highest BCUT2D eigenvalue weighted by Crippen LogP contribution is 2.77. The van der Waals surface area contributed by atoms with Crippen molar-refractivity contribution in [1.82, 2.24) is 10.6 Å². The number of benzene rings is 1. The summed E-state index contributed by atoms with van der Waals surface area (Å²) in [4.78, 5) is 29.6. The largest absolute Gasteiger partial charge is 0.353 e. The Morgan fingerprint density at radius 2 is 1.27 bits per heavy atom. The first-order valence-corrected chi connectivity index (χ1v) is 24.1. The Hall–Kier alpha value is -2.48. The van der Waals surface area contributed by atoms with Gasteiger partial charge in [0.25, 0.3) is 0 Å². The lowest BCUT2D eigenvalue weighted by Crippen LogP contribution is -2.67. The molecule has 1 aromatic rings. The Balaban J connectivity index is 1.04. The molecule has 8 atom stereocenters. The molecule has 322 valence electrons. The van der Waals surface area contributed by atoms with Gasteiger partial charge < -0.3 is 22.1 Å². The van der Waals surface area contributed by atoms with E-state index in [1.807, 2.05) is 0 Å². The third-order valence-corrected chi connectivity index (χ3v) is 18.4. The first-order valence-electron chi connectivity index (χ1n) is 23.6. The van der Waals surface area contributed by atoms with E-state index in [4.69, 9.17) is 29.6 Å². The second-order valence-corrected chi connectivity index (χ2v) is 22.9. The maximum absolute atomic E-state index is 15.0. The maximum atomic E-state index is 15.0. The SMILES string of the molecule is C=C(/C=C\C(=C/C)C12CC3(C(=O)NC4CCC(N)CC4)C[C@](CCF)(C1)C[C@@](c1ccccc1)(C3)C2)[C@]12CC3CC(C(=O)NC4CCC(N)CC4)(C[C@](CCCl)(C3)C1)C2. The Kier molecular flexibility index (Phi) is 10.9. The average molecular weight is 828 g/mol. The van der Waals surface area contributed by atoms with Crippen LogP contribution in [0.15, 0.2) is 66.3 Å². The zero-order chi connectivity index (χ0) is 41.3. The first kappa shape index (κ1) is 41.9. The molecule has 0 heterocycles. The molecule has 8 bridgehead atoms. The number of nitrogens with two attached hydrogens (primary N) is 2. The molecule has 10 saturated carbocycles. The lowest BCUT2D eigenvalue weighted by molar-refractivity contribution is -0.179. The third-order valence-electron chi connectivity index (χ3n) is 18.2. The van der Waals surface area contributed by atoms with E-state index in [1.165, 1.54) is 11.1 Å². The van der Waals surface area contributed by atoms with Crippen molar-refractivity contribution in [2.75, 3.05) is 12.6 Å². The van der Waals surface area contributed by atoms with Crippen molar-refractivity contribution < 1.29 is 14.0 Å². The second kappa shape index (κ2) is 15.4. The summed E-state index contributed by atoms with van der Waals surface area (Å²) in [6.45, 7) is 6.70. The number of hydrogen-bond acceptors (Lipinski definition) is 4. The molecule has 0 aliphatic heterocycles. The summed E-state index contributed by atoms with van der Waals surface area (Å²) in [5, 5.41) is 7.16. The number of carbonyl (C=O) groups excluding carboxylic acids is 2. The van der Waals surface area contributed by atoms with Crippen molar-refractivity contribution in [2.45, 2.75) is 178 Å². The highest BCUT2D eigenvalue weighted by molar-refractivity contribution is 6.17. The van der Waals surface area contributed by atoms with Gasteiger partial charge in [0, 0.05) is 30.0 Å². The fraction of sp³-hybridized carbons (Fsp3) is 0.725.